The molecule has 122 valence electrons. The van der Waals surface area contributed by atoms with Crippen LogP contribution in [0.15, 0.2) is 18.2 Å². The Balaban J connectivity index is 0.000000299. The van der Waals surface area contributed by atoms with Gasteiger partial charge in [-0.1, -0.05) is 36.9 Å². The van der Waals surface area contributed by atoms with E-state index in [0.29, 0.717) is 0 Å². The van der Waals surface area contributed by atoms with Crippen LogP contribution in [0.2, 0.25) is 5.02 Å². The first kappa shape index (κ1) is 17.2. The first-order chi connectivity index (χ1) is 10.7. The Morgan fingerprint density at radius 3 is 2.41 bits per heavy atom. The zero-order valence-electron chi connectivity index (χ0n) is 12.8. The molecule has 0 bridgehead atoms. The summed E-state index contributed by atoms with van der Waals surface area (Å²) in [5, 5.41) is 6.04. The number of amides is 1. The van der Waals surface area contributed by atoms with E-state index in [-0.39, 0.29) is 22.5 Å². The minimum Gasteiger partial charge on any atom is -0.349 e. The molecule has 1 saturated heterocycles. The quantitative estimate of drug-likeness (QED) is 0.865. The predicted molar refractivity (Wildman–Crippen MR) is 87.9 cm³/mol. The highest BCUT2D eigenvalue weighted by Gasteiger charge is 2.19. The molecular weight excluding hydrogens is 303 g/mol. The molecule has 2 fully saturated rings. The number of carbonyl (C=O) groups is 1. The Morgan fingerprint density at radius 1 is 1.14 bits per heavy atom. The van der Waals surface area contributed by atoms with Crippen molar-refractivity contribution >= 4 is 17.5 Å². The van der Waals surface area contributed by atoms with Crippen LogP contribution < -0.4 is 10.6 Å². The second-order valence-corrected chi connectivity index (χ2v) is 6.24. The normalized spacial score (nSPS) is 18.5. The van der Waals surface area contributed by atoms with E-state index in [1.807, 2.05) is 0 Å². The van der Waals surface area contributed by atoms with Gasteiger partial charge in [-0.15, -0.1) is 0 Å². The number of benzene rings is 1. The molecule has 22 heavy (non-hydrogen) atoms. The lowest BCUT2D eigenvalue weighted by Gasteiger charge is -2.22. The monoisotopic (exact) mass is 326 g/mol. The van der Waals surface area contributed by atoms with Gasteiger partial charge in [0.15, 0.2) is 0 Å². The van der Waals surface area contributed by atoms with Crippen LogP contribution in [0.5, 0.6) is 0 Å². The van der Waals surface area contributed by atoms with Crippen molar-refractivity contribution in [3.8, 4) is 0 Å². The second kappa shape index (κ2) is 9.11. The van der Waals surface area contributed by atoms with Crippen LogP contribution in [0, 0.1) is 5.82 Å². The first-order valence-corrected chi connectivity index (χ1v) is 8.52. The van der Waals surface area contributed by atoms with Crippen molar-refractivity contribution < 1.29 is 9.18 Å². The van der Waals surface area contributed by atoms with E-state index in [0.717, 1.165) is 25.7 Å². The summed E-state index contributed by atoms with van der Waals surface area (Å²) in [5.74, 6) is -0.829. The van der Waals surface area contributed by atoms with Crippen LogP contribution in [-0.4, -0.2) is 25.0 Å². The molecule has 1 aliphatic heterocycles. The van der Waals surface area contributed by atoms with Gasteiger partial charge in [-0.3, -0.25) is 4.79 Å². The summed E-state index contributed by atoms with van der Waals surface area (Å²) in [4.78, 5) is 11.9. The minimum atomic E-state index is -0.553. The van der Waals surface area contributed by atoms with Crippen LogP contribution in [0.4, 0.5) is 4.39 Å². The zero-order chi connectivity index (χ0) is 15.8. The Bertz CT molecular complexity index is 478. The van der Waals surface area contributed by atoms with Crippen LogP contribution in [-0.2, 0) is 0 Å². The summed E-state index contributed by atoms with van der Waals surface area (Å²) in [6, 6.07) is 4.50. The molecule has 5 heteroatoms. The van der Waals surface area contributed by atoms with Crippen molar-refractivity contribution in [3.05, 3.63) is 34.6 Å². The van der Waals surface area contributed by atoms with Gasteiger partial charge in [0.05, 0.1) is 10.6 Å². The average Bonchev–Trinajstić information content (AvgIpc) is 3.10. The van der Waals surface area contributed by atoms with Crippen molar-refractivity contribution in [1.29, 1.82) is 0 Å². The number of nitrogens with one attached hydrogen (secondary N) is 2. The second-order valence-electron chi connectivity index (χ2n) is 5.87. The molecule has 2 aliphatic rings. The maximum absolute atomic E-state index is 13.2. The van der Waals surface area contributed by atoms with Crippen LogP contribution in [0.1, 0.15) is 55.3 Å². The van der Waals surface area contributed by atoms with Crippen molar-refractivity contribution in [2.45, 2.75) is 51.0 Å². The SMILES string of the molecule is C1CCNC1.O=C(NC1CCCCC1)c1cccc(F)c1Cl. The van der Waals surface area contributed by atoms with Gasteiger partial charge in [-0.25, -0.2) is 4.39 Å². The fourth-order valence-electron chi connectivity index (χ4n) is 2.81. The molecule has 0 aromatic heterocycles. The molecule has 3 nitrogen and oxygen atoms in total. The fraction of sp³-hybridized carbons (Fsp3) is 0.588. The lowest BCUT2D eigenvalue weighted by molar-refractivity contribution is 0.0927. The largest absolute Gasteiger partial charge is 0.349 e. The van der Waals surface area contributed by atoms with Crippen molar-refractivity contribution in [1.82, 2.24) is 10.6 Å². The highest BCUT2D eigenvalue weighted by molar-refractivity contribution is 6.34. The van der Waals surface area contributed by atoms with E-state index in [9.17, 15) is 9.18 Å². The van der Waals surface area contributed by atoms with E-state index >= 15 is 0 Å². The average molecular weight is 327 g/mol. The third-order valence-corrected chi connectivity index (χ3v) is 4.48. The summed E-state index contributed by atoms with van der Waals surface area (Å²) in [5.41, 5.74) is 0.220. The van der Waals surface area contributed by atoms with Crippen LogP contribution >= 0.6 is 11.6 Å². The lowest BCUT2D eigenvalue weighted by atomic mass is 9.95. The molecule has 0 atom stereocenters. The molecule has 0 spiro atoms. The number of halogens is 2. The molecule has 1 aromatic rings. The molecule has 0 radical (unpaired) electrons. The summed E-state index contributed by atoms with van der Waals surface area (Å²) in [7, 11) is 0. The van der Waals surface area contributed by atoms with Crippen molar-refractivity contribution in [2.24, 2.45) is 0 Å². The van der Waals surface area contributed by atoms with E-state index < -0.39 is 5.82 Å². The van der Waals surface area contributed by atoms with Crippen molar-refractivity contribution in [2.75, 3.05) is 13.1 Å². The van der Waals surface area contributed by atoms with E-state index in [2.05, 4.69) is 10.6 Å². The van der Waals surface area contributed by atoms with E-state index in [4.69, 9.17) is 11.6 Å². The predicted octanol–water partition coefficient (Wildman–Crippen LogP) is 3.91. The van der Waals surface area contributed by atoms with Crippen LogP contribution in [0.3, 0.4) is 0 Å². The smallest absolute Gasteiger partial charge is 0.253 e. The number of rotatable bonds is 2. The molecule has 1 amide bonds. The lowest BCUT2D eigenvalue weighted by Crippen LogP contribution is -2.36. The Kier molecular flexibility index (Phi) is 7.13. The maximum atomic E-state index is 13.2. The Labute approximate surface area is 136 Å². The zero-order valence-corrected chi connectivity index (χ0v) is 13.6. The fourth-order valence-corrected chi connectivity index (χ4v) is 3.03. The van der Waals surface area contributed by atoms with E-state index in [1.165, 1.54) is 44.5 Å². The van der Waals surface area contributed by atoms with Gasteiger partial charge in [0.1, 0.15) is 5.82 Å². The molecule has 2 N–H and O–H groups in total. The summed E-state index contributed by atoms with van der Waals surface area (Å²) < 4.78 is 13.2. The number of hydrogen-bond acceptors (Lipinski definition) is 2. The van der Waals surface area contributed by atoms with Crippen molar-refractivity contribution in [3.63, 3.8) is 0 Å². The van der Waals surface area contributed by atoms with E-state index in [1.54, 1.807) is 6.07 Å². The third-order valence-electron chi connectivity index (χ3n) is 4.09. The van der Waals surface area contributed by atoms with Gasteiger partial charge in [-0.2, -0.15) is 0 Å². The maximum Gasteiger partial charge on any atom is 0.253 e. The summed E-state index contributed by atoms with van der Waals surface area (Å²) >= 11 is 5.77. The Hall–Kier alpha value is -1.13. The van der Waals surface area contributed by atoms with Crippen LogP contribution in [0.25, 0.3) is 0 Å². The molecule has 3 rings (SSSR count). The Morgan fingerprint density at radius 2 is 1.82 bits per heavy atom. The molecule has 1 aliphatic carbocycles. The van der Waals surface area contributed by atoms with Gasteiger partial charge in [0.2, 0.25) is 0 Å². The molecule has 1 aromatic carbocycles. The molecule has 1 heterocycles. The third kappa shape index (κ3) is 5.25. The molecular formula is C17H24ClFN2O. The van der Waals surface area contributed by atoms with Gasteiger partial charge in [0, 0.05) is 6.04 Å². The molecule has 1 saturated carbocycles. The van der Waals surface area contributed by atoms with Gasteiger partial charge < -0.3 is 10.6 Å². The number of hydrogen-bond donors (Lipinski definition) is 2. The topological polar surface area (TPSA) is 41.1 Å². The van der Waals surface area contributed by atoms with Gasteiger partial charge >= 0.3 is 0 Å². The summed E-state index contributed by atoms with van der Waals surface area (Å²) in [6.07, 6.45) is 8.29. The highest BCUT2D eigenvalue weighted by Crippen LogP contribution is 2.21. The standard InChI is InChI=1S/C13H15ClFNO.C4H9N/c14-12-10(7-4-8-11(12)15)13(17)16-9-5-2-1-3-6-9;1-2-4-5-3-1/h4,7-9H,1-3,5-6H2,(H,16,17);5H,1-4H2. The highest BCUT2D eigenvalue weighted by atomic mass is 35.5. The molecule has 0 unspecified atom stereocenters. The van der Waals surface area contributed by atoms with Gasteiger partial charge in [-0.05, 0) is 50.9 Å². The summed E-state index contributed by atoms with van der Waals surface area (Å²) in [6.45, 7) is 2.50. The first-order valence-electron chi connectivity index (χ1n) is 8.14. The van der Waals surface area contributed by atoms with Gasteiger partial charge in [0.25, 0.3) is 5.91 Å². The minimum absolute atomic E-state index is 0.0965. The number of carbonyl (C=O) groups excluding carboxylic acids is 1.